The van der Waals surface area contributed by atoms with Crippen molar-refractivity contribution in [3.05, 3.63) is 48.3 Å². The van der Waals surface area contributed by atoms with Crippen LogP contribution in [0.4, 0.5) is 0 Å². The molecule has 1 amide bonds. The molecule has 5 nitrogen and oxygen atoms in total. The monoisotopic (exact) mass is 259 g/mol. The second-order valence-corrected chi connectivity index (χ2v) is 4.63. The number of hydrogen-bond acceptors (Lipinski definition) is 3. The minimum Gasteiger partial charge on any atom is -0.273 e. The van der Waals surface area contributed by atoms with Gasteiger partial charge in [0.1, 0.15) is 0 Å². The second kappa shape index (κ2) is 6.15. The molecule has 0 aliphatic rings. The van der Waals surface area contributed by atoms with Crippen LogP contribution in [0.1, 0.15) is 24.2 Å². The lowest BCUT2D eigenvalue weighted by Crippen LogP contribution is -2.25. The lowest BCUT2D eigenvalue weighted by atomic mass is 10.2. The number of aromatic nitrogens is 2. The fraction of sp³-hybridized carbons (Fsp3) is 0.286. The maximum atomic E-state index is 11.8. The van der Waals surface area contributed by atoms with E-state index in [0.29, 0.717) is 18.1 Å². The SMILES string of the molecule is CC(C)CONC(=O)c1ccc(-n2cccn2)cc1. The summed E-state index contributed by atoms with van der Waals surface area (Å²) < 4.78 is 1.73. The highest BCUT2D eigenvalue weighted by molar-refractivity contribution is 5.93. The van der Waals surface area contributed by atoms with Gasteiger partial charge in [-0.15, -0.1) is 0 Å². The molecule has 1 aromatic carbocycles. The van der Waals surface area contributed by atoms with Crippen LogP contribution in [0.25, 0.3) is 5.69 Å². The summed E-state index contributed by atoms with van der Waals surface area (Å²) in [5.74, 6) is 0.134. The largest absolute Gasteiger partial charge is 0.274 e. The number of benzene rings is 1. The number of carbonyl (C=O) groups is 1. The van der Waals surface area contributed by atoms with Crippen LogP contribution in [0.2, 0.25) is 0 Å². The molecule has 1 heterocycles. The van der Waals surface area contributed by atoms with Crippen molar-refractivity contribution in [1.29, 1.82) is 0 Å². The van der Waals surface area contributed by atoms with Crippen molar-refractivity contribution >= 4 is 5.91 Å². The first-order valence-corrected chi connectivity index (χ1v) is 6.19. The molecule has 0 saturated carbocycles. The van der Waals surface area contributed by atoms with Gasteiger partial charge in [0.05, 0.1) is 12.3 Å². The summed E-state index contributed by atoms with van der Waals surface area (Å²) in [6.45, 7) is 4.53. The van der Waals surface area contributed by atoms with Gasteiger partial charge in [-0.2, -0.15) is 5.10 Å². The van der Waals surface area contributed by atoms with Gasteiger partial charge >= 0.3 is 0 Å². The standard InChI is InChI=1S/C14H17N3O2/c1-11(2)10-19-16-14(18)12-4-6-13(7-5-12)17-9-3-8-15-17/h3-9,11H,10H2,1-2H3,(H,16,18). The number of hydrogen-bond donors (Lipinski definition) is 1. The average molecular weight is 259 g/mol. The van der Waals surface area contributed by atoms with E-state index in [1.54, 1.807) is 23.0 Å². The van der Waals surface area contributed by atoms with Crippen molar-refractivity contribution in [2.75, 3.05) is 6.61 Å². The van der Waals surface area contributed by atoms with Crippen molar-refractivity contribution in [1.82, 2.24) is 15.3 Å². The Morgan fingerprint density at radius 1 is 1.37 bits per heavy atom. The molecule has 5 heteroatoms. The van der Waals surface area contributed by atoms with Crippen molar-refractivity contribution in [2.45, 2.75) is 13.8 Å². The molecule has 2 rings (SSSR count). The van der Waals surface area contributed by atoms with E-state index in [4.69, 9.17) is 4.84 Å². The minimum atomic E-state index is -0.243. The van der Waals surface area contributed by atoms with Crippen molar-refractivity contribution < 1.29 is 9.63 Å². The Morgan fingerprint density at radius 2 is 2.11 bits per heavy atom. The first kappa shape index (κ1) is 13.3. The van der Waals surface area contributed by atoms with E-state index in [-0.39, 0.29) is 5.91 Å². The Balaban J connectivity index is 1.96. The van der Waals surface area contributed by atoms with Crippen LogP contribution >= 0.6 is 0 Å². The zero-order valence-corrected chi connectivity index (χ0v) is 11.0. The quantitative estimate of drug-likeness (QED) is 0.837. The van der Waals surface area contributed by atoms with E-state index >= 15 is 0 Å². The highest BCUT2D eigenvalue weighted by atomic mass is 16.6. The van der Waals surface area contributed by atoms with Crippen LogP contribution in [-0.2, 0) is 4.84 Å². The molecule has 0 fully saturated rings. The fourth-order valence-corrected chi connectivity index (χ4v) is 1.52. The van der Waals surface area contributed by atoms with Crippen LogP contribution < -0.4 is 5.48 Å². The van der Waals surface area contributed by atoms with Crippen molar-refractivity contribution in [3.63, 3.8) is 0 Å². The first-order chi connectivity index (χ1) is 9.16. The van der Waals surface area contributed by atoms with E-state index in [1.807, 2.05) is 38.2 Å². The summed E-state index contributed by atoms with van der Waals surface area (Å²) in [6, 6.07) is 9.01. The third-order valence-electron chi connectivity index (χ3n) is 2.48. The summed E-state index contributed by atoms with van der Waals surface area (Å²) >= 11 is 0. The van der Waals surface area contributed by atoms with Crippen molar-refractivity contribution in [2.24, 2.45) is 5.92 Å². The third-order valence-corrected chi connectivity index (χ3v) is 2.48. The molecule has 1 aromatic heterocycles. The summed E-state index contributed by atoms with van der Waals surface area (Å²) in [6.07, 6.45) is 3.56. The molecule has 0 atom stereocenters. The lowest BCUT2D eigenvalue weighted by molar-refractivity contribution is 0.0208. The molecule has 0 unspecified atom stereocenters. The van der Waals surface area contributed by atoms with Crippen LogP contribution in [0.3, 0.4) is 0 Å². The highest BCUT2D eigenvalue weighted by Crippen LogP contribution is 2.08. The summed E-state index contributed by atoms with van der Waals surface area (Å²) in [4.78, 5) is 16.9. The predicted octanol–water partition coefficient (Wildman–Crippen LogP) is 2.19. The lowest BCUT2D eigenvalue weighted by Gasteiger charge is -2.08. The first-order valence-electron chi connectivity index (χ1n) is 6.19. The summed E-state index contributed by atoms with van der Waals surface area (Å²) in [7, 11) is 0. The number of rotatable bonds is 5. The second-order valence-electron chi connectivity index (χ2n) is 4.63. The smallest absolute Gasteiger partial charge is 0.273 e. The zero-order valence-electron chi connectivity index (χ0n) is 11.0. The zero-order chi connectivity index (χ0) is 13.7. The number of carbonyl (C=O) groups excluding carboxylic acids is 1. The van der Waals surface area contributed by atoms with E-state index in [1.165, 1.54) is 0 Å². The van der Waals surface area contributed by atoms with E-state index in [0.717, 1.165) is 5.69 Å². The minimum absolute atomic E-state index is 0.243. The van der Waals surface area contributed by atoms with Crippen LogP contribution in [0, 0.1) is 5.92 Å². The van der Waals surface area contributed by atoms with Crippen LogP contribution in [-0.4, -0.2) is 22.3 Å². The van der Waals surface area contributed by atoms with E-state index in [9.17, 15) is 4.79 Å². The van der Waals surface area contributed by atoms with Gasteiger partial charge < -0.3 is 0 Å². The Morgan fingerprint density at radius 3 is 2.68 bits per heavy atom. The van der Waals surface area contributed by atoms with Gasteiger partial charge in [0.25, 0.3) is 5.91 Å². The van der Waals surface area contributed by atoms with Gasteiger partial charge in [0.2, 0.25) is 0 Å². The van der Waals surface area contributed by atoms with Gasteiger partial charge in [-0.25, -0.2) is 10.2 Å². The van der Waals surface area contributed by atoms with Crippen LogP contribution in [0.15, 0.2) is 42.7 Å². The molecule has 100 valence electrons. The summed E-state index contributed by atoms with van der Waals surface area (Å²) in [5.41, 5.74) is 3.89. The van der Waals surface area contributed by atoms with Gasteiger partial charge in [-0.3, -0.25) is 9.63 Å². The Hall–Kier alpha value is -2.14. The summed E-state index contributed by atoms with van der Waals surface area (Å²) in [5, 5.41) is 4.12. The Kier molecular flexibility index (Phi) is 4.30. The van der Waals surface area contributed by atoms with Gasteiger partial charge in [-0.1, -0.05) is 13.8 Å². The normalized spacial score (nSPS) is 10.7. The maximum absolute atomic E-state index is 11.8. The fourth-order valence-electron chi connectivity index (χ4n) is 1.52. The van der Waals surface area contributed by atoms with Crippen molar-refractivity contribution in [3.8, 4) is 5.69 Å². The molecule has 1 N–H and O–H groups in total. The number of hydroxylamine groups is 1. The molecule has 2 aromatic rings. The molecular formula is C14H17N3O2. The number of nitrogens with one attached hydrogen (secondary N) is 1. The number of nitrogens with zero attached hydrogens (tertiary/aromatic N) is 2. The Bertz CT molecular complexity index is 518. The molecule has 0 aliphatic carbocycles. The predicted molar refractivity (Wildman–Crippen MR) is 71.8 cm³/mol. The topological polar surface area (TPSA) is 56.1 Å². The van der Waals surface area contributed by atoms with Gasteiger partial charge in [-0.05, 0) is 36.2 Å². The molecular weight excluding hydrogens is 242 g/mol. The van der Waals surface area contributed by atoms with Gasteiger partial charge in [0.15, 0.2) is 0 Å². The average Bonchev–Trinajstić information content (AvgIpc) is 2.92. The third kappa shape index (κ3) is 3.66. The molecule has 0 spiro atoms. The molecule has 0 saturated heterocycles. The number of amides is 1. The van der Waals surface area contributed by atoms with Gasteiger partial charge in [0, 0.05) is 18.0 Å². The highest BCUT2D eigenvalue weighted by Gasteiger charge is 2.06. The molecule has 19 heavy (non-hydrogen) atoms. The van der Waals surface area contributed by atoms with E-state index in [2.05, 4.69) is 10.6 Å². The maximum Gasteiger partial charge on any atom is 0.274 e. The van der Waals surface area contributed by atoms with Crippen LogP contribution in [0.5, 0.6) is 0 Å². The molecule has 0 bridgehead atoms. The van der Waals surface area contributed by atoms with E-state index < -0.39 is 0 Å². The Labute approximate surface area is 112 Å². The molecule has 0 radical (unpaired) electrons. The molecule has 0 aliphatic heterocycles.